The molecule has 2 N–H and O–H groups in total. The molecule has 1 aliphatic rings. The Morgan fingerprint density at radius 1 is 1.30 bits per heavy atom. The number of benzene rings is 1. The van der Waals surface area contributed by atoms with Crippen LogP contribution in [0.3, 0.4) is 0 Å². The Hall–Kier alpha value is -1.22. The Balaban J connectivity index is 1.93. The first-order valence-electron chi connectivity index (χ1n) is 7.42. The van der Waals surface area contributed by atoms with Crippen LogP contribution in [0.5, 0.6) is 0 Å². The summed E-state index contributed by atoms with van der Waals surface area (Å²) in [5.74, 6) is 0.796. The summed E-state index contributed by atoms with van der Waals surface area (Å²) in [6, 6.07) is 6.26. The summed E-state index contributed by atoms with van der Waals surface area (Å²) in [5, 5.41) is 6.84. The zero-order chi connectivity index (χ0) is 14.5. The maximum atomic E-state index is 11.0. The van der Waals surface area contributed by atoms with Gasteiger partial charge in [0.25, 0.3) is 0 Å². The van der Waals surface area contributed by atoms with Crippen LogP contribution in [0.15, 0.2) is 18.2 Å². The smallest absolute Gasteiger partial charge is 0.221 e. The Morgan fingerprint density at radius 2 is 2.00 bits per heavy atom. The van der Waals surface area contributed by atoms with Crippen molar-refractivity contribution < 1.29 is 4.79 Å². The number of amides is 1. The van der Waals surface area contributed by atoms with Gasteiger partial charge in [0.2, 0.25) is 5.91 Å². The van der Waals surface area contributed by atoms with Crippen LogP contribution in [-0.4, -0.2) is 11.9 Å². The molecule has 1 fully saturated rings. The number of nitrogens with one attached hydrogen (secondary N) is 2. The lowest BCUT2D eigenvalue weighted by Crippen LogP contribution is -2.25. The third-order valence-corrected chi connectivity index (χ3v) is 4.39. The van der Waals surface area contributed by atoms with Crippen LogP contribution < -0.4 is 10.6 Å². The second-order valence-electron chi connectivity index (χ2n) is 5.65. The molecule has 0 bridgehead atoms. The van der Waals surface area contributed by atoms with E-state index in [9.17, 15) is 4.79 Å². The quantitative estimate of drug-likeness (QED) is 0.846. The fourth-order valence-electron chi connectivity index (χ4n) is 2.85. The average molecular weight is 295 g/mol. The van der Waals surface area contributed by atoms with E-state index in [0.29, 0.717) is 16.8 Å². The van der Waals surface area contributed by atoms with Gasteiger partial charge in [-0.3, -0.25) is 4.79 Å². The molecule has 1 aliphatic carbocycles. The zero-order valence-electron chi connectivity index (χ0n) is 12.2. The van der Waals surface area contributed by atoms with Crippen molar-refractivity contribution >= 4 is 28.9 Å². The largest absolute Gasteiger partial charge is 0.382 e. The van der Waals surface area contributed by atoms with Gasteiger partial charge in [-0.1, -0.05) is 24.9 Å². The Bertz CT molecular complexity index is 468. The fourth-order valence-corrected chi connectivity index (χ4v) is 3.07. The molecule has 3 nitrogen and oxygen atoms in total. The Morgan fingerprint density at radius 3 is 2.55 bits per heavy atom. The van der Waals surface area contributed by atoms with E-state index in [1.165, 1.54) is 39.0 Å². The van der Waals surface area contributed by atoms with Crippen LogP contribution in [0.2, 0.25) is 5.02 Å². The second kappa shape index (κ2) is 6.98. The molecule has 0 unspecified atom stereocenters. The van der Waals surface area contributed by atoms with Crippen molar-refractivity contribution in [2.24, 2.45) is 5.92 Å². The highest BCUT2D eigenvalue weighted by molar-refractivity contribution is 6.34. The molecule has 1 aromatic rings. The third kappa shape index (κ3) is 4.14. The number of halogens is 1. The van der Waals surface area contributed by atoms with Crippen molar-refractivity contribution in [2.75, 3.05) is 10.6 Å². The van der Waals surface area contributed by atoms with E-state index in [4.69, 9.17) is 11.6 Å². The number of carbonyl (C=O) groups excluding carboxylic acids is 1. The molecule has 0 aliphatic heterocycles. The van der Waals surface area contributed by atoms with Crippen molar-refractivity contribution in [3.8, 4) is 0 Å². The first-order valence-corrected chi connectivity index (χ1v) is 7.80. The molecule has 20 heavy (non-hydrogen) atoms. The zero-order valence-corrected chi connectivity index (χ0v) is 13.0. The van der Waals surface area contributed by atoms with Crippen molar-refractivity contribution in [1.82, 2.24) is 0 Å². The molecule has 0 spiro atoms. The molecule has 0 atom stereocenters. The minimum Gasteiger partial charge on any atom is -0.382 e. The van der Waals surface area contributed by atoms with Gasteiger partial charge in [0, 0.05) is 18.7 Å². The van der Waals surface area contributed by atoms with Crippen LogP contribution in [-0.2, 0) is 4.79 Å². The molecule has 1 saturated carbocycles. The lowest BCUT2D eigenvalue weighted by molar-refractivity contribution is -0.114. The molecule has 0 aromatic heterocycles. The Labute approximate surface area is 126 Å². The van der Waals surface area contributed by atoms with E-state index in [1.807, 2.05) is 18.2 Å². The summed E-state index contributed by atoms with van der Waals surface area (Å²) in [6.07, 6.45) is 6.37. The van der Waals surface area contributed by atoms with Crippen LogP contribution in [0.4, 0.5) is 11.4 Å². The number of anilines is 2. The third-order valence-electron chi connectivity index (χ3n) is 4.07. The number of hydrogen-bond donors (Lipinski definition) is 2. The lowest BCUT2D eigenvalue weighted by atomic mass is 9.84. The minimum atomic E-state index is -0.106. The molecule has 0 saturated heterocycles. The van der Waals surface area contributed by atoms with Crippen LogP contribution in [0, 0.1) is 5.92 Å². The molecular weight excluding hydrogens is 272 g/mol. The highest BCUT2D eigenvalue weighted by Crippen LogP contribution is 2.30. The monoisotopic (exact) mass is 294 g/mol. The van der Waals surface area contributed by atoms with Crippen molar-refractivity contribution in [3.05, 3.63) is 23.2 Å². The summed E-state index contributed by atoms with van der Waals surface area (Å²) in [7, 11) is 0. The molecule has 0 radical (unpaired) electrons. The fraction of sp³-hybridized carbons (Fsp3) is 0.562. The molecular formula is C16H23ClN2O. The van der Waals surface area contributed by atoms with Gasteiger partial charge in [0.1, 0.15) is 0 Å². The Kier molecular flexibility index (Phi) is 5.30. The highest BCUT2D eigenvalue weighted by atomic mass is 35.5. The van der Waals surface area contributed by atoms with E-state index < -0.39 is 0 Å². The van der Waals surface area contributed by atoms with Gasteiger partial charge >= 0.3 is 0 Å². The predicted molar refractivity (Wildman–Crippen MR) is 85.4 cm³/mol. The number of hydrogen-bond acceptors (Lipinski definition) is 2. The van der Waals surface area contributed by atoms with Crippen LogP contribution in [0.1, 0.15) is 46.0 Å². The summed E-state index contributed by atoms with van der Waals surface area (Å²) in [6.45, 7) is 3.76. The lowest BCUT2D eigenvalue weighted by Gasteiger charge is -2.29. The summed E-state index contributed by atoms with van der Waals surface area (Å²) in [4.78, 5) is 11.0. The molecule has 1 amide bonds. The minimum absolute atomic E-state index is 0.106. The first kappa shape index (κ1) is 15.2. The average Bonchev–Trinajstić information content (AvgIpc) is 2.42. The number of rotatable bonds is 4. The van der Waals surface area contributed by atoms with Gasteiger partial charge in [-0.25, -0.2) is 0 Å². The first-order chi connectivity index (χ1) is 9.58. The maximum Gasteiger partial charge on any atom is 0.221 e. The van der Waals surface area contributed by atoms with Crippen molar-refractivity contribution in [3.63, 3.8) is 0 Å². The molecule has 1 aromatic carbocycles. The SMILES string of the molecule is CCC1CCC(Nc2ccc(NC(C)=O)c(Cl)c2)CC1. The van der Waals surface area contributed by atoms with Gasteiger partial charge < -0.3 is 10.6 Å². The summed E-state index contributed by atoms with van der Waals surface area (Å²) >= 11 is 6.18. The second-order valence-corrected chi connectivity index (χ2v) is 6.05. The van der Waals surface area contributed by atoms with Crippen LogP contribution >= 0.6 is 11.6 Å². The highest BCUT2D eigenvalue weighted by Gasteiger charge is 2.19. The maximum absolute atomic E-state index is 11.0. The molecule has 110 valence electrons. The van der Waals surface area contributed by atoms with E-state index in [2.05, 4.69) is 17.6 Å². The van der Waals surface area contributed by atoms with Gasteiger partial charge in [-0.2, -0.15) is 0 Å². The van der Waals surface area contributed by atoms with Gasteiger partial charge in [0.05, 0.1) is 10.7 Å². The van der Waals surface area contributed by atoms with Gasteiger partial charge in [0.15, 0.2) is 0 Å². The van der Waals surface area contributed by atoms with Crippen molar-refractivity contribution in [2.45, 2.75) is 52.0 Å². The van der Waals surface area contributed by atoms with Gasteiger partial charge in [-0.05, 0) is 49.8 Å². The number of carbonyl (C=O) groups is 1. The molecule has 2 rings (SSSR count). The van der Waals surface area contributed by atoms with E-state index in [1.54, 1.807) is 0 Å². The standard InChI is InChI=1S/C16H23ClN2O/c1-3-12-4-6-13(7-5-12)19-14-8-9-16(15(17)10-14)18-11(2)20/h8-10,12-13,19H,3-7H2,1-2H3,(H,18,20). The predicted octanol–water partition coefficient (Wildman–Crippen LogP) is 4.68. The summed E-state index contributed by atoms with van der Waals surface area (Å²) < 4.78 is 0. The van der Waals surface area contributed by atoms with E-state index >= 15 is 0 Å². The topological polar surface area (TPSA) is 41.1 Å². The molecule has 4 heteroatoms. The van der Waals surface area contributed by atoms with Crippen molar-refractivity contribution in [1.29, 1.82) is 0 Å². The van der Waals surface area contributed by atoms with Crippen LogP contribution in [0.25, 0.3) is 0 Å². The summed E-state index contributed by atoms with van der Waals surface area (Å²) in [5.41, 5.74) is 1.70. The molecule has 0 heterocycles. The van der Waals surface area contributed by atoms with E-state index in [-0.39, 0.29) is 5.91 Å². The normalized spacial score (nSPS) is 22.4. The van der Waals surface area contributed by atoms with E-state index in [0.717, 1.165) is 11.6 Å². The van der Waals surface area contributed by atoms with Gasteiger partial charge in [-0.15, -0.1) is 0 Å².